The third-order valence-electron chi connectivity index (χ3n) is 5.18. The Morgan fingerprint density at radius 2 is 2.07 bits per heavy atom. The van der Waals surface area contributed by atoms with E-state index in [1.54, 1.807) is 19.0 Å². The summed E-state index contributed by atoms with van der Waals surface area (Å²) in [5.41, 5.74) is 0.0649. The number of carbonyl (C=O) groups is 1. The number of carbonyl (C=O) groups excluding carboxylic acids is 1. The maximum atomic E-state index is 11.9. The van der Waals surface area contributed by atoms with Gasteiger partial charge in [-0.05, 0) is 39.0 Å². The Hall–Kier alpha value is -0.610. The standard InChI is InChI=1S/C19H36N4O3.HI/c1-4-25-12-7-11-20-18(21-15-17(24)23(2)3)22-16-8-13-26-19(14-16)9-5-6-10-19;/h16H,4-15H2,1-3H3,(H2,20,21,22);1H. The van der Waals surface area contributed by atoms with Gasteiger partial charge in [-0.2, -0.15) is 0 Å². The molecule has 8 heteroatoms. The number of likely N-dealkylation sites (N-methyl/N-ethyl adjacent to an activating group) is 1. The van der Waals surface area contributed by atoms with Gasteiger partial charge in [0.05, 0.1) is 5.60 Å². The van der Waals surface area contributed by atoms with E-state index in [0.29, 0.717) is 6.04 Å². The van der Waals surface area contributed by atoms with Crippen molar-refractivity contribution in [1.29, 1.82) is 0 Å². The van der Waals surface area contributed by atoms with Gasteiger partial charge in [-0.15, -0.1) is 24.0 Å². The summed E-state index contributed by atoms with van der Waals surface area (Å²) in [4.78, 5) is 17.9. The van der Waals surface area contributed by atoms with E-state index in [-0.39, 0.29) is 42.0 Å². The number of nitrogens with zero attached hydrogens (tertiary/aromatic N) is 2. The molecule has 2 fully saturated rings. The van der Waals surface area contributed by atoms with Crippen LogP contribution in [-0.2, 0) is 14.3 Å². The Bertz CT molecular complexity index is 468. The van der Waals surface area contributed by atoms with Gasteiger partial charge in [-0.3, -0.25) is 4.79 Å². The van der Waals surface area contributed by atoms with Crippen LogP contribution in [0.2, 0.25) is 0 Å². The summed E-state index contributed by atoms with van der Waals surface area (Å²) in [6, 6.07) is 0.342. The van der Waals surface area contributed by atoms with Crippen LogP contribution < -0.4 is 10.6 Å². The van der Waals surface area contributed by atoms with Gasteiger partial charge in [0.25, 0.3) is 0 Å². The summed E-state index contributed by atoms with van der Waals surface area (Å²) in [6.07, 6.45) is 7.77. The number of guanidine groups is 1. The molecule has 158 valence electrons. The second-order valence-electron chi connectivity index (χ2n) is 7.50. The Labute approximate surface area is 181 Å². The van der Waals surface area contributed by atoms with Crippen LogP contribution in [0.3, 0.4) is 0 Å². The number of rotatable bonds is 8. The van der Waals surface area contributed by atoms with Crippen LogP contribution in [0.4, 0.5) is 0 Å². The van der Waals surface area contributed by atoms with E-state index in [9.17, 15) is 4.79 Å². The average Bonchev–Trinajstić information content (AvgIpc) is 3.06. The zero-order valence-electron chi connectivity index (χ0n) is 17.1. The second-order valence-corrected chi connectivity index (χ2v) is 7.50. The van der Waals surface area contributed by atoms with Gasteiger partial charge in [0, 0.05) is 46.5 Å². The molecular formula is C19H37IN4O3. The van der Waals surface area contributed by atoms with Crippen LogP contribution in [0.25, 0.3) is 0 Å². The molecule has 27 heavy (non-hydrogen) atoms. The minimum absolute atomic E-state index is 0. The number of halogens is 1. The van der Waals surface area contributed by atoms with E-state index in [0.717, 1.165) is 51.6 Å². The van der Waals surface area contributed by atoms with E-state index in [4.69, 9.17) is 9.47 Å². The van der Waals surface area contributed by atoms with E-state index in [1.807, 2.05) is 6.92 Å². The summed E-state index contributed by atoms with van der Waals surface area (Å²) < 4.78 is 11.5. The van der Waals surface area contributed by atoms with Crippen molar-refractivity contribution in [2.75, 3.05) is 47.0 Å². The maximum Gasteiger partial charge on any atom is 0.243 e. The van der Waals surface area contributed by atoms with Crippen LogP contribution in [0.15, 0.2) is 4.99 Å². The van der Waals surface area contributed by atoms with Gasteiger partial charge in [0.2, 0.25) is 5.91 Å². The first kappa shape index (κ1) is 24.4. The Kier molecular flexibility index (Phi) is 11.6. The molecule has 2 aliphatic rings. The van der Waals surface area contributed by atoms with Gasteiger partial charge in [-0.1, -0.05) is 12.8 Å². The molecule has 1 aliphatic carbocycles. The van der Waals surface area contributed by atoms with Crippen molar-refractivity contribution in [2.45, 2.75) is 63.5 Å². The Balaban J connectivity index is 0.00000364. The molecule has 0 aromatic carbocycles. The lowest BCUT2D eigenvalue weighted by Gasteiger charge is -2.39. The molecular weight excluding hydrogens is 459 g/mol. The molecule has 1 aliphatic heterocycles. The lowest BCUT2D eigenvalue weighted by Crippen LogP contribution is -2.51. The summed E-state index contributed by atoms with van der Waals surface area (Å²) in [5.74, 6) is 0.719. The number of hydrogen-bond donors (Lipinski definition) is 2. The molecule has 0 radical (unpaired) electrons. The van der Waals surface area contributed by atoms with Crippen LogP contribution >= 0.6 is 24.0 Å². The fourth-order valence-corrected chi connectivity index (χ4v) is 3.68. The highest BCUT2D eigenvalue weighted by atomic mass is 127. The van der Waals surface area contributed by atoms with Crippen molar-refractivity contribution in [3.05, 3.63) is 0 Å². The highest BCUT2D eigenvalue weighted by molar-refractivity contribution is 14.0. The fraction of sp³-hybridized carbons (Fsp3) is 0.895. The predicted molar refractivity (Wildman–Crippen MR) is 119 cm³/mol. The molecule has 1 saturated carbocycles. The van der Waals surface area contributed by atoms with E-state index in [1.165, 1.54) is 25.7 Å². The monoisotopic (exact) mass is 496 g/mol. The molecule has 1 heterocycles. The molecule has 1 atom stereocenters. The molecule has 7 nitrogen and oxygen atoms in total. The molecule has 1 saturated heterocycles. The zero-order valence-corrected chi connectivity index (χ0v) is 19.4. The Morgan fingerprint density at radius 1 is 1.33 bits per heavy atom. The van der Waals surface area contributed by atoms with Gasteiger partial charge >= 0.3 is 0 Å². The fourth-order valence-electron chi connectivity index (χ4n) is 3.68. The molecule has 1 unspecified atom stereocenters. The van der Waals surface area contributed by atoms with Crippen molar-refractivity contribution in [2.24, 2.45) is 4.99 Å². The average molecular weight is 496 g/mol. The minimum Gasteiger partial charge on any atom is -0.382 e. The van der Waals surface area contributed by atoms with Gasteiger partial charge in [-0.25, -0.2) is 4.99 Å². The highest BCUT2D eigenvalue weighted by Crippen LogP contribution is 2.39. The molecule has 0 aromatic rings. The molecule has 1 spiro atoms. The third kappa shape index (κ3) is 8.51. The van der Waals surface area contributed by atoms with Crippen molar-refractivity contribution in [3.8, 4) is 0 Å². The smallest absolute Gasteiger partial charge is 0.243 e. The van der Waals surface area contributed by atoms with Crippen LogP contribution in [0.5, 0.6) is 0 Å². The zero-order chi connectivity index (χ0) is 18.8. The first-order chi connectivity index (χ1) is 12.5. The molecule has 2 rings (SSSR count). The number of nitrogens with one attached hydrogen (secondary N) is 2. The summed E-state index contributed by atoms with van der Waals surface area (Å²) in [5, 5.41) is 6.89. The number of hydrogen-bond acceptors (Lipinski definition) is 4. The van der Waals surface area contributed by atoms with E-state index < -0.39 is 0 Å². The number of aliphatic imine (C=N–C) groups is 1. The van der Waals surface area contributed by atoms with Crippen LogP contribution in [0, 0.1) is 0 Å². The van der Waals surface area contributed by atoms with E-state index in [2.05, 4.69) is 15.6 Å². The summed E-state index contributed by atoms with van der Waals surface area (Å²) in [6.45, 7) is 5.19. The van der Waals surface area contributed by atoms with Gasteiger partial charge < -0.3 is 25.0 Å². The first-order valence-electron chi connectivity index (χ1n) is 10.0. The van der Waals surface area contributed by atoms with Gasteiger partial charge in [0.1, 0.15) is 6.54 Å². The SMILES string of the molecule is CCOCCCNC(=NCC(=O)N(C)C)NC1CCOC2(CCCC2)C1.I. The van der Waals surface area contributed by atoms with Crippen LogP contribution in [-0.4, -0.2) is 75.4 Å². The largest absolute Gasteiger partial charge is 0.382 e. The summed E-state index contributed by atoms with van der Waals surface area (Å²) >= 11 is 0. The lowest BCUT2D eigenvalue weighted by molar-refractivity contribution is -0.127. The Morgan fingerprint density at radius 3 is 2.74 bits per heavy atom. The number of ether oxygens (including phenoxy) is 2. The van der Waals surface area contributed by atoms with Crippen molar-refractivity contribution in [3.63, 3.8) is 0 Å². The van der Waals surface area contributed by atoms with Crippen molar-refractivity contribution in [1.82, 2.24) is 15.5 Å². The quantitative estimate of drug-likeness (QED) is 0.233. The van der Waals surface area contributed by atoms with Crippen molar-refractivity contribution < 1.29 is 14.3 Å². The first-order valence-corrected chi connectivity index (χ1v) is 10.0. The summed E-state index contributed by atoms with van der Waals surface area (Å²) in [7, 11) is 3.51. The lowest BCUT2D eigenvalue weighted by atomic mass is 9.89. The van der Waals surface area contributed by atoms with E-state index >= 15 is 0 Å². The van der Waals surface area contributed by atoms with Crippen LogP contribution in [0.1, 0.15) is 51.9 Å². The highest BCUT2D eigenvalue weighted by Gasteiger charge is 2.40. The van der Waals surface area contributed by atoms with Crippen molar-refractivity contribution >= 4 is 35.8 Å². The molecule has 2 N–H and O–H groups in total. The van der Waals surface area contributed by atoms with Gasteiger partial charge in [0.15, 0.2) is 5.96 Å². The molecule has 1 amide bonds. The number of amides is 1. The minimum atomic E-state index is -0.000318. The third-order valence-corrected chi connectivity index (χ3v) is 5.18. The normalized spacial score (nSPS) is 21.6. The molecule has 0 aromatic heterocycles. The maximum absolute atomic E-state index is 11.9. The predicted octanol–water partition coefficient (Wildman–Crippen LogP) is 2.15. The topological polar surface area (TPSA) is 75.2 Å². The second kappa shape index (κ2) is 12.8. The molecule has 0 bridgehead atoms.